The van der Waals surface area contributed by atoms with Crippen molar-refractivity contribution in [2.24, 2.45) is 9.98 Å². The van der Waals surface area contributed by atoms with Gasteiger partial charge in [-0.3, -0.25) is 0 Å². The summed E-state index contributed by atoms with van der Waals surface area (Å²) in [5, 5.41) is 22.8. The van der Waals surface area contributed by atoms with Crippen LogP contribution >= 0.6 is 0 Å². The van der Waals surface area contributed by atoms with E-state index in [4.69, 9.17) is 14.7 Å². The maximum atomic E-state index is 11.4. The molecule has 1 heterocycles. The summed E-state index contributed by atoms with van der Waals surface area (Å²) >= 11 is 0. The molecule has 0 aliphatic carbocycles. The minimum absolute atomic E-state index is 0.128. The molecule has 0 saturated heterocycles. The first kappa shape index (κ1) is 36.2. The molecule has 1 aliphatic heterocycles. The lowest BCUT2D eigenvalue weighted by molar-refractivity contribution is 0.420. The lowest BCUT2D eigenvalue weighted by atomic mass is 9.75. The summed E-state index contributed by atoms with van der Waals surface area (Å²) in [5.41, 5.74) is 10.9. The smallest absolute Gasteiger partial charge is 0.157 e. The van der Waals surface area contributed by atoms with Crippen molar-refractivity contribution in [2.75, 3.05) is 0 Å². The minimum atomic E-state index is -0.496. The zero-order valence-electron chi connectivity index (χ0n) is 32.2. The van der Waals surface area contributed by atoms with Crippen molar-refractivity contribution in [2.45, 2.75) is 19.3 Å². The number of hydrogen-bond acceptors (Lipinski definition) is 5. The van der Waals surface area contributed by atoms with Gasteiger partial charge in [0, 0.05) is 38.8 Å². The molecule has 2 N–H and O–H groups in total. The number of fused-ring (bicyclic) bond motifs is 2. The predicted molar refractivity (Wildman–Crippen MR) is 236 cm³/mol. The van der Waals surface area contributed by atoms with Crippen LogP contribution in [0.3, 0.4) is 0 Å². The Hall–Kier alpha value is -7.50. The Kier molecular flexibility index (Phi) is 9.48. The van der Waals surface area contributed by atoms with Gasteiger partial charge in [-0.15, -0.1) is 0 Å². The van der Waals surface area contributed by atoms with Crippen molar-refractivity contribution in [3.63, 3.8) is 0 Å². The molecule has 280 valence electrons. The lowest BCUT2D eigenvalue weighted by Crippen LogP contribution is -2.24. The van der Waals surface area contributed by atoms with Crippen molar-refractivity contribution >= 4 is 22.8 Å². The van der Waals surface area contributed by atoms with Crippen molar-refractivity contribution < 1.29 is 14.9 Å². The number of phenols is 2. The average molecular weight is 753 g/mol. The highest BCUT2D eigenvalue weighted by atomic mass is 16.5. The van der Waals surface area contributed by atoms with E-state index >= 15 is 0 Å². The number of ether oxygens (including phenoxy) is 1. The topological polar surface area (TPSA) is 74.4 Å². The van der Waals surface area contributed by atoms with Gasteiger partial charge >= 0.3 is 0 Å². The Morgan fingerprint density at radius 2 is 0.793 bits per heavy atom. The number of para-hydroxylation sites is 2. The molecule has 0 bridgehead atoms. The third-order valence-electron chi connectivity index (χ3n) is 10.8. The number of aliphatic imine (C=N–C) groups is 2. The summed E-state index contributed by atoms with van der Waals surface area (Å²) < 4.78 is 7.03. The second kappa shape index (κ2) is 15.2. The van der Waals surface area contributed by atoms with E-state index in [1.165, 1.54) is 0 Å². The number of benzene rings is 8. The Bertz CT molecular complexity index is 2640. The van der Waals surface area contributed by atoms with E-state index in [1.807, 2.05) is 146 Å². The lowest BCUT2D eigenvalue weighted by Gasteiger charge is -2.35. The molecule has 0 atom stereocenters. The van der Waals surface area contributed by atoms with E-state index in [0.717, 1.165) is 44.5 Å². The number of aromatic hydroxyl groups is 2. The number of rotatable bonds is 8. The maximum Gasteiger partial charge on any atom is 0.157 e. The Labute approximate surface area is 338 Å². The first-order chi connectivity index (χ1) is 28.3. The molecule has 9 rings (SSSR count). The van der Waals surface area contributed by atoms with Crippen LogP contribution in [0.5, 0.6) is 23.0 Å². The molecule has 8 aromatic rings. The van der Waals surface area contributed by atoms with Crippen molar-refractivity contribution in [3.05, 3.63) is 228 Å². The van der Waals surface area contributed by atoms with Crippen LogP contribution in [0.1, 0.15) is 47.2 Å². The number of nitrogens with zero attached hydrogens (tertiary/aromatic N) is 2. The monoisotopic (exact) mass is 752 g/mol. The van der Waals surface area contributed by atoms with Crippen LogP contribution in [0.25, 0.3) is 22.3 Å². The number of hydrogen-bond donors (Lipinski definition) is 2. The molecule has 5 heteroatoms. The molecule has 0 fully saturated rings. The summed E-state index contributed by atoms with van der Waals surface area (Å²) in [6.07, 6.45) is 0. The van der Waals surface area contributed by atoms with Gasteiger partial charge in [0.1, 0.15) is 22.9 Å². The van der Waals surface area contributed by atoms with Gasteiger partial charge < -0.3 is 14.9 Å². The quantitative estimate of drug-likeness (QED) is 0.152. The first-order valence-corrected chi connectivity index (χ1v) is 19.4. The van der Waals surface area contributed by atoms with E-state index in [-0.39, 0.29) is 11.5 Å². The van der Waals surface area contributed by atoms with E-state index < -0.39 is 5.41 Å². The maximum absolute atomic E-state index is 11.4. The first-order valence-electron chi connectivity index (χ1n) is 19.4. The molecule has 0 radical (unpaired) electrons. The zero-order valence-corrected chi connectivity index (χ0v) is 32.2. The molecular weight excluding hydrogens is 713 g/mol. The van der Waals surface area contributed by atoms with Gasteiger partial charge in [0.15, 0.2) is 11.5 Å². The molecule has 0 amide bonds. The molecule has 0 spiro atoms. The highest BCUT2D eigenvalue weighted by Crippen LogP contribution is 2.54. The average Bonchev–Trinajstić information content (AvgIpc) is 3.27. The summed E-state index contributed by atoms with van der Waals surface area (Å²) in [7, 11) is 0. The van der Waals surface area contributed by atoms with Gasteiger partial charge in [0.05, 0.1) is 11.4 Å². The molecule has 1 aliphatic rings. The molecule has 0 unspecified atom stereocenters. The molecule has 5 nitrogen and oxygen atoms in total. The van der Waals surface area contributed by atoms with Gasteiger partial charge in [0.25, 0.3) is 0 Å². The van der Waals surface area contributed by atoms with Gasteiger partial charge in [-0.05, 0) is 58.7 Å². The van der Waals surface area contributed by atoms with E-state index in [9.17, 15) is 10.2 Å². The fourth-order valence-electron chi connectivity index (χ4n) is 7.74. The molecule has 0 saturated carbocycles. The predicted octanol–water partition coefficient (Wildman–Crippen LogP) is 13.2. The second-order valence-corrected chi connectivity index (χ2v) is 14.9. The highest BCUT2D eigenvalue weighted by Gasteiger charge is 2.37. The summed E-state index contributed by atoms with van der Waals surface area (Å²) in [5.74, 6) is 1.49. The standard InChI is InChI=1S/C53H40N2O3/c1-53(2)43-25-15-27-45(54-49(37-21-11-5-12-22-37)41-33-39(29-31-47(41)56)35-17-7-3-8-18-35)51(43)58-52-44(53)26-16-28-46(52)55-50(38-23-13-6-14-24-38)42-34-40(30-32-48(42)57)36-19-9-4-10-20-36/h3-34,56-57H,1-2H3. The van der Waals surface area contributed by atoms with Crippen LogP contribution in [0.4, 0.5) is 11.4 Å². The van der Waals surface area contributed by atoms with Gasteiger partial charge in [-0.25, -0.2) is 9.98 Å². The van der Waals surface area contributed by atoms with Crippen LogP contribution in [0.15, 0.2) is 204 Å². The van der Waals surface area contributed by atoms with E-state index in [0.29, 0.717) is 45.4 Å². The van der Waals surface area contributed by atoms with E-state index in [1.54, 1.807) is 12.1 Å². The molecule has 0 aromatic heterocycles. The SMILES string of the molecule is CC1(C)c2cccc(N=C(c3ccccc3)c3cc(-c4ccccc4)ccc3O)c2Oc2c(N=C(c3ccccc3)c3cc(-c4ccccc4)ccc3O)cccc21. The fraction of sp³-hybridized carbons (Fsp3) is 0.0566. The second-order valence-electron chi connectivity index (χ2n) is 14.9. The Morgan fingerprint density at radius 1 is 0.414 bits per heavy atom. The Balaban J connectivity index is 1.21. The summed E-state index contributed by atoms with van der Waals surface area (Å²) in [6, 6.07) is 63.5. The summed E-state index contributed by atoms with van der Waals surface area (Å²) in [6.45, 7) is 4.38. The zero-order chi connectivity index (χ0) is 39.6. The molecule has 58 heavy (non-hydrogen) atoms. The van der Waals surface area contributed by atoms with Gasteiger partial charge in [-0.1, -0.05) is 172 Å². The van der Waals surface area contributed by atoms with Crippen molar-refractivity contribution in [3.8, 4) is 45.3 Å². The van der Waals surface area contributed by atoms with Crippen LogP contribution in [0.2, 0.25) is 0 Å². The van der Waals surface area contributed by atoms with E-state index in [2.05, 4.69) is 50.2 Å². The van der Waals surface area contributed by atoms with Crippen LogP contribution in [0, 0.1) is 0 Å². The van der Waals surface area contributed by atoms with Gasteiger partial charge in [-0.2, -0.15) is 0 Å². The van der Waals surface area contributed by atoms with Gasteiger partial charge in [0.2, 0.25) is 0 Å². The summed E-state index contributed by atoms with van der Waals surface area (Å²) in [4.78, 5) is 10.7. The molecular formula is C53H40N2O3. The largest absolute Gasteiger partial charge is 0.507 e. The minimum Gasteiger partial charge on any atom is -0.507 e. The fourth-order valence-corrected chi connectivity index (χ4v) is 7.74. The van der Waals surface area contributed by atoms with Crippen molar-refractivity contribution in [1.29, 1.82) is 0 Å². The van der Waals surface area contributed by atoms with Crippen LogP contribution in [-0.2, 0) is 5.41 Å². The van der Waals surface area contributed by atoms with Crippen molar-refractivity contribution in [1.82, 2.24) is 0 Å². The molecule has 8 aromatic carbocycles. The third-order valence-corrected chi connectivity index (χ3v) is 10.8. The van der Waals surface area contributed by atoms with Crippen LogP contribution in [-0.4, -0.2) is 21.6 Å². The van der Waals surface area contributed by atoms with Crippen LogP contribution < -0.4 is 4.74 Å². The highest BCUT2D eigenvalue weighted by molar-refractivity contribution is 6.17. The Morgan fingerprint density at radius 3 is 1.19 bits per heavy atom. The normalized spacial score (nSPS) is 13.3. The third kappa shape index (κ3) is 6.84. The number of phenolic OH excluding ortho intramolecular Hbond substituents is 2.